The fourth-order valence-electron chi connectivity index (χ4n) is 3.87. The molecule has 2 aromatic heterocycles. The predicted molar refractivity (Wildman–Crippen MR) is 110 cm³/mol. The molecule has 1 atom stereocenters. The molecule has 5 nitrogen and oxygen atoms in total. The number of phenolic OH excluding ortho intramolecular Hbond substituents is 1. The first-order chi connectivity index (χ1) is 13.8. The monoisotopic (exact) mass is 368 g/mol. The van der Waals surface area contributed by atoms with E-state index in [1.807, 2.05) is 48.5 Å². The first-order valence-corrected chi connectivity index (χ1v) is 9.51. The molecule has 5 rings (SSSR count). The number of para-hydroxylation sites is 1. The Balaban J connectivity index is 1.52. The average molecular weight is 368 g/mol. The van der Waals surface area contributed by atoms with Crippen molar-refractivity contribution < 1.29 is 5.11 Å². The minimum absolute atomic E-state index is 0.259. The van der Waals surface area contributed by atoms with Gasteiger partial charge in [0, 0.05) is 29.4 Å². The highest BCUT2D eigenvalue weighted by atomic mass is 16.3. The minimum atomic E-state index is 0.259. The van der Waals surface area contributed by atoms with Crippen LogP contribution < -0.4 is 5.32 Å². The molecule has 0 amide bonds. The highest BCUT2D eigenvalue weighted by Crippen LogP contribution is 2.29. The van der Waals surface area contributed by atoms with Crippen LogP contribution in [0.3, 0.4) is 0 Å². The van der Waals surface area contributed by atoms with Crippen LogP contribution in [0.4, 0.5) is 5.82 Å². The van der Waals surface area contributed by atoms with Crippen molar-refractivity contribution in [2.75, 3.05) is 5.32 Å². The zero-order chi connectivity index (χ0) is 18.9. The second kappa shape index (κ2) is 6.93. The molecule has 0 bridgehead atoms. The fraction of sp³-hybridized carbons (Fsp3) is 0.174. The summed E-state index contributed by atoms with van der Waals surface area (Å²) in [6, 6.07) is 17.9. The van der Waals surface area contributed by atoms with Gasteiger partial charge in [0.1, 0.15) is 11.6 Å². The third-order valence-corrected chi connectivity index (χ3v) is 5.28. The molecular formula is C23H20N4O. The Morgan fingerprint density at radius 1 is 0.964 bits per heavy atom. The Hall–Kier alpha value is -3.47. The number of rotatable bonds is 3. The van der Waals surface area contributed by atoms with Gasteiger partial charge in [0.25, 0.3) is 0 Å². The van der Waals surface area contributed by atoms with Crippen LogP contribution in [0.25, 0.3) is 22.3 Å². The van der Waals surface area contributed by atoms with Crippen LogP contribution in [-0.4, -0.2) is 26.1 Å². The lowest BCUT2D eigenvalue weighted by molar-refractivity contribution is 0.472. The van der Waals surface area contributed by atoms with E-state index in [0.29, 0.717) is 11.6 Å². The highest BCUT2D eigenvalue weighted by Gasteiger charge is 2.20. The lowest BCUT2D eigenvalue weighted by Gasteiger charge is -2.26. The zero-order valence-electron chi connectivity index (χ0n) is 15.3. The van der Waals surface area contributed by atoms with E-state index in [-0.39, 0.29) is 6.04 Å². The molecule has 28 heavy (non-hydrogen) atoms. The normalized spacial score (nSPS) is 15.9. The van der Waals surface area contributed by atoms with Crippen molar-refractivity contribution in [3.63, 3.8) is 0 Å². The summed E-state index contributed by atoms with van der Waals surface area (Å²) in [7, 11) is 0. The molecule has 0 saturated carbocycles. The van der Waals surface area contributed by atoms with Crippen molar-refractivity contribution in [2.45, 2.75) is 25.3 Å². The molecule has 2 N–H and O–H groups in total. The van der Waals surface area contributed by atoms with Gasteiger partial charge in [-0.05, 0) is 66.8 Å². The van der Waals surface area contributed by atoms with E-state index in [9.17, 15) is 5.11 Å². The third kappa shape index (κ3) is 3.16. The number of aryl methyl sites for hydroxylation is 1. The predicted octanol–water partition coefficient (Wildman–Crippen LogP) is 4.37. The Morgan fingerprint density at radius 2 is 1.89 bits per heavy atom. The smallest absolute Gasteiger partial charge is 0.163 e. The first kappa shape index (κ1) is 16.7. The quantitative estimate of drug-likeness (QED) is 0.562. The minimum Gasteiger partial charge on any atom is -0.508 e. The number of nitrogens with one attached hydrogen (secondary N) is 1. The van der Waals surface area contributed by atoms with Gasteiger partial charge in [-0.3, -0.25) is 4.98 Å². The van der Waals surface area contributed by atoms with E-state index in [1.54, 1.807) is 18.5 Å². The Labute approximate surface area is 163 Å². The fourth-order valence-corrected chi connectivity index (χ4v) is 3.87. The van der Waals surface area contributed by atoms with Crippen LogP contribution in [0.5, 0.6) is 5.75 Å². The van der Waals surface area contributed by atoms with Crippen LogP contribution in [0, 0.1) is 0 Å². The van der Waals surface area contributed by atoms with Gasteiger partial charge in [-0.15, -0.1) is 0 Å². The third-order valence-electron chi connectivity index (χ3n) is 5.28. The van der Waals surface area contributed by atoms with Gasteiger partial charge in [-0.2, -0.15) is 0 Å². The molecule has 2 aromatic carbocycles. The summed E-state index contributed by atoms with van der Waals surface area (Å²) >= 11 is 0. The molecule has 1 aliphatic rings. The molecular weight excluding hydrogens is 348 g/mol. The average Bonchev–Trinajstić information content (AvgIpc) is 2.74. The summed E-state index contributed by atoms with van der Waals surface area (Å²) in [5.41, 5.74) is 4.33. The summed E-state index contributed by atoms with van der Waals surface area (Å²) in [6.07, 6.45) is 6.42. The van der Waals surface area contributed by atoms with Crippen LogP contribution in [0.2, 0.25) is 0 Å². The molecule has 0 radical (unpaired) electrons. The standard InChI is InChI=1S/C23H20N4O/c28-19-10-8-15-7-9-18(12-17(15)13-19)25-23-20-5-1-2-6-21(20)26-22(27-23)16-4-3-11-24-14-16/h1-6,8,10-11,13-14,18,28H,7,9,12H2,(H,25,26,27)/t18-/m0/s1. The number of anilines is 1. The van der Waals surface area contributed by atoms with E-state index in [0.717, 1.165) is 41.5 Å². The van der Waals surface area contributed by atoms with Crippen molar-refractivity contribution in [3.05, 3.63) is 78.1 Å². The summed E-state index contributed by atoms with van der Waals surface area (Å²) in [6.45, 7) is 0. The molecule has 1 aliphatic carbocycles. The molecule has 4 aromatic rings. The van der Waals surface area contributed by atoms with Crippen molar-refractivity contribution >= 4 is 16.7 Å². The zero-order valence-corrected chi connectivity index (χ0v) is 15.3. The maximum atomic E-state index is 9.82. The van der Waals surface area contributed by atoms with Crippen molar-refractivity contribution in [2.24, 2.45) is 0 Å². The summed E-state index contributed by atoms with van der Waals surface area (Å²) in [5.74, 6) is 1.84. The van der Waals surface area contributed by atoms with Gasteiger partial charge in [0.05, 0.1) is 5.52 Å². The number of hydrogen-bond acceptors (Lipinski definition) is 5. The number of aromatic hydroxyl groups is 1. The highest BCUT2D eigenvalue weighted by molar-refractivity contribution is 5.90. The van der Waals surface area contributed by atoms with Crippen LogP contribution in [-0.2, 0) is 12.8 Å². The number of pyridine rings is 1. The van der Waals surface area contributed by atoms with Crippen LogP contribution in [0.1, 0.15) is 17.5 Å². The second-order valence-electron chi connectivity index (χ2n) is 7.19. The molecule has 5 heteroatoms. The maximum absolute atomic E-state index is 9.82. The SMILES string of the molecule is Oc1ccc2c(c1)C[C@@H](Nc1nc(-c3cccnc3)nc3ccccc13)CC2. The molecule has 0 spiro atoms. The van der Waals surface area contributed by atoms with Crippen LogP contribution >= 0.6 is 0 Å². The van der Waals surface area contributed by atoms with E-state index in [1.165, 1.54) is 11.1 Å². The van der Waals surface area contributed by atoms with E-state index >= 15 is 0 Å². The summed E-state index contributed by atoms with van der Waals surface area (Å²) in [5, 5.41) is 14.5. The molecule has 0 fully saturated rings. The molecule has 0 saturated heterocycles. The number of fused-ring (bicyclic) bond motifs is 2. The van der Waals surface area contributed by atoms with Crippen LogP contribution in [0.15, 0.2) is 67.0 Å². The Kier molecular flexibility index (Phi) is 4.13. The van der Waals surface area contributed by atoms with Gasteiger partial charge in [0.15, 0.2) is 5.82 Å². The second-order valence-corrected chi connectivity index (χ2v) is 7.19. The number of nitrogens with zero attached hydrogens (tertiary/aromatic N) is 3. The van der Waals surface area contributed by atoms with Crippen molar-refractivity contribution in [3.8, 4) is 17.1 Å². The van der Waals surface area contributed by atoms with E-state index < -0.39 is 0 Å². The van der Waals surface area contributed by atoms with Gasteiger partial charge in [-0.1, -0.05) is 18.2 Å². The molecule has 2 heterocycles. The van der Waals surface area contributed by atoms with Gasteiger partial charge in [0.2, 0.25) is 0 Å². The number of hydrogen-bond donors (Lipinski definition) is 2. The molecule has 0 aliphatic heterocycles. The summed E-state index contributed by atoms with van der Waals surface area (Å²) < 4.78 is 0. The van der Waals surface area contributed by atoms with E-state index in [2.05, 4.69) is 10.3 Å². The summed E-state index contributed by atoms with van der Waals surface area (Å²) in [4.78, 5) is 13.7. The lowest BCUT2D eigenvalue weighted by Crippen LogP contribution is -2.28. The van der Waals surface area contributed by atoms with Gasteiger partial charge in [-0.25, -0.2) is 9.97 Å². The number of benzene rings is 2. The van der Waals surface area contributed by atoms with E-state index in [4.69, 9.17) is 9.97 Å². The largest absolute Gasteiger partial charge is 0.508 e. The molecule has 0 unspecified atom stereocenters. The topological polar surface area (TPSA) is 70.9 Å². The number of aromatic nitrogens is 3. The number of phenols is 1. The lowest BCUT2D eigenvalue weighted by atomic mass is 9.88. The first-order valence-electron chi connectivity index (χ1n) is 9.51. The molecule has 138 valence electrons. The maximum Gasteiger partial charge on any atom is 0.163 e. The Morgan fingerprint density at radius 3 is 2.79 bits per heavy atom. The van der Waals surface area contributed by atoms with Crippen molar-refractivity contribution in [1.82, 2.24) is 15.0 Å². The van der Waals surface area contributed by atoms with Gasteiger partial charge < -0.3 is 10.4 Å². The van der Waals surface area contributed by atoms with Gasteiger partial charge >= 0.3 is 0 Å². The van der Waals surface area contributed by atoms with Crippen molar-refractivity contribution in [1.29, 1.82) is 0 Å². The Bertz CT molecular complexity index is 1140.